The smallest absolute Gasteiger partial charge is 0.308 e. The van der Waals surface area contributed by atoms with Crippen LogP contribution < -0.4 is 19.8 Å². The van der Waals surface area contributed by atoms with Crippen molar-refractivity contribution in [2.75, 3.05) is 17.3 Å². The molecule has 1 fully saturated rings. The molecule has 0 aliphatic carbocycles. The number of ether oxygens (including phenoxy) is 1. The van der Waals surface area contributed by atoms with Crippen LogP contribution >= 0.6 is 23.1 Å². The molecule has 1 saturated heterocycles. The fourth-order valence-electron chi connectivity index (χ4n) is 5.26. The van der Waals surface area contributed by atoms with Crippen molar-refractivity contribution < 1.29 is 24.2 Å². The van der Waals surface area contributed by atoms with Crippen LogP contribution in [0.4, 0.5) is 11.4 Å². The number of fused-ring (bicyclic) bond motifs is 2. The summed E-state index contributed by atoms with van der Waals surface area (Å²) < 4.78 is 6.69. The minimum atomic E-state index is -0.774. The predicted molar refractivity (Wildman–Crippen MR) is 157 cm³/mol. The Morgan fingerprint density at radius 1 is 0.951 bits per heavy atom. The highest BCUT2D eigenvalue weighted by Crippen LogP contribution is 2.54. The van der Waals surface area contributed by atoms with E-state index in [1.165, 1.54) is 33.4 Å². The zero-order valence-corrected chi connectivity index (χ0v) is 23.7. The number of aromatic nitrogens is 1. The van der Waals surface area contributed by atoms with Crippen LogP contribution in [0, 0.1) is 12.8 Å². The first-order valence-corrected chi connectivity index (χ1v) is 14.5. The van der Waals surface area contributed by atoms with Gasteiger partial charge in [-0.3, -0.25) is 23.7 Å². The molecular formula is C30H25N3O6S2. The molecule has 2 N–H and O–H groups in total. The fraction of sp³-hybridized carbons (Fsp3) is 0.200. The van der Waals surface area contributed by atoms with E-state index in [9.17, 15) is 24.3 Å². The van der Waals surface area contributed by atoms with Gasteiger partial charge in [0.15, 0.2) is 0 Å². The lowest BCUT2D eigenvalue weighted by molar-refractivity contribution is -0.122. The molecule has 3 aromatic carbocycles. The number of aromatic hydroxyl groups is 1. The number of hydrogen-bond acceptors (Lipinski definition) is 8. The summed E-state index contributed by atoms with van der Waals surface area (Å²) >= 11 is 2.16. The Balaban J connectivity index is 1.40. The number of nitrogens with one attached hydrogen (secondary N) is 1. The minimum absolute atomic E-state index is 0.0668. The summed E-state index contributed by atoms with van der Waals surface area (Å²) in [4.78, 5) is 55.5. The Labute approximate surface area is 243 Å². The molecule has 208 valence electrons. The third kappa shape index (κ3) is 4.81. The van der Waals surface area contributed by atoms with E-state index in [-0.39, 0.29) is 29.0 Å². The molecule has 11 heteroatoms. The lowest BCUT2D eigenvalue weighted by Gasteiger charge is -2.30. The van der Waals surface area contributed by atoms with Gasteiger partial charge < -0.3 is 15.2 Å². The molecule has 3 atom stereocenters. The third-order valence-electron chi connectivity index (χ3n) is 7.27. The van der Waals surface area contributed by atoms with E-state index in [1.54, 1.807) is 43.5 Å². The Hall–Kier alpha value is -4.35. The molecule has 0 radical (unpaired) electrons. The van der Waals surface area contributed by atoms with E-state index in [0.717, 1.165) is 22.5 Å². The molecule has 2 aliphatic rings. The molecule has 9 nitrogen and oxygen atoms in total. The highest BCUT2D eigenvalue weighted by molar-refractivity contribution is 8.00. The molecule has 6 rings (SSSR count). The number of carbonyl (C=O) groups is 3. The van der Waals surface area contributed by atoms with E-state index in [0.29, 0.717) is 27.0 Å². The minimum Gasteiger partial charge on any atom is -0.508 e. The van der Waals surface area contributed by atoms with Crippen LogP contribution in [0.1, 0.15) is 21.9 Å². The largest absolute Gasteiger partial charge is 0.508 e. The van der Waals surface area contributed by atoms with Crippen LogP contribution in [-0.4, -0.2) is 39.8 Å². The summed E-state index contributed by atoms with van der Waals surface area (Å²) in [6, 6.07) is 20.5. The van der Waals surface area contributed by atoms with Crippen molar-refractivity contribution in [3.05, 3.63) is 98.5 Å². The van der Waals surface area contributed by atoms with Crippen molar-refractivity contribution in [3.63, 3.8) is 0 Å². The van der Waals surface area contributed by atoms with Crippen LogP contribution in [0.3, 0.4) is 0 Å². The molecular weight excluding hydrogens is 562 g/mol. The summed E-state index contributed by atoms with van der Waals surface area (Å²) in [6.45, 7) is 1.66. The number of methoxy groups -OCH3 is 1. The van der Waals surface area contributed by atoms with Gasteiger partial charge in [0.25, 0.3) is 0 Å². The lowest BCUT2D eigenvalue weighted by Crippen LogP contribution is -2.33. The van der Waals surface area contributed by atoms with Crippen molar-refractivity contribution in [3.8, 4) is 11.5 Å². The average molecular weight is 588 g/mol. The number of hydrogen-bond donors (Lipinski definition) is 2. The van der Waals surface area contributed by atoms with Crippen LogP contribution in [0.15, 0.2) is 82.6 Å². The SMILES string of the molecule is COc1ccc(C2c3sc(=O)n(CC(=O)Nc4ccc(O)cc4)c3SC3C(=O)N(c4ccc(C)cc4)C(=O)C32)cc1. The van der Waals surface area contributed by atoms with Gasteiger partial charge in [0.1, 0.15) is 23.3 Å². The molecule has 4 aromatic rings. The quantitative estimate of drug-likeness (QED) is 0.254. The second-order valence-electron chi connectivity index (χ2n) is 9.88. The molecule has 2 aliphatic heterocycles. The maximum atomic E-state index is 14.0. The monoisotopic (exact) mass is 587 g/mol. The molecule has 3 amide bonds. The van der Waals surface area contributed by atoms with Gasteiger partial charge in [-0.25, -0.2) is 4.90 Å². The molecule has 1 aromatic heterocycles. The van der Waals surface area contributed by atoms with Crippen molar-refractivity contribution in [2.24, 2.45) is 5.92 Å². The second kappa shape index (κ2) is 10.6. The van der Waals surface area contributed by atoms with Crippen molar-refractivity contribution in [1.82, 2.24) is 4.57 Å². The van der Waals surface area contributed by atoms with Gasteiger partial charge in [-0.1, -0.05) is 52.9 Å². The summed E-state index contributed by atoms with van der Waals surface area (Å²) in [7, 11) is 1.56. The van der Waals surface area contributed by atoms with Crippen molar-refractivity contribution in [1.29, 1.82) is 0 Å². The second-order valence-corrected chi connectivity index (χ2v) is 12.0. The highest BCUT2D eigenvalue weighted by atomic mass is 32.2. The molecule has 3 unspecified atom stereocenters. The summed E-state index contributed by atoms with van der Waals surface area (Å²) in [6.07, 6.45) is 0. The first-order valence-electron chi connectivity index (χ1n) is 12.8. The van der Waals surface area contributed by atoms with Crippen molar-refractivity contribution >= 4 is 52.2 Å². The van der Waals surface area contributed by atoms with Crippen LogP contribution in [0.25, 0.3) is 0 Å². The fourth-order valence-corrected chi connectivity index (χ4v) is 8.04. The number of thioether (sulfide) groups is 1. The van der Waals surface area contributed by atoms with E-state index >= 15 is 0 Å². The Morgan fingerprint density at radius 3 is 2.29 bits per heavy atom. The molecule has 0 saturated carbocycles. The van der Waals surface area contributed by atoms with E-state index in [2.05, 4.69) is 5.32 Å². The number of thiazole rings is 1. The Kier molecular flexibility index (Phi) is 6.92. The highest BCUT2D eigenvalue weighted by Gasteiger charge is 2.56. The topological polar surface area (TPSA) is 118 Å². The molecule has 41 heavy (non-hydrogen) atoms. The van der Waals surface area contributed by atoms with Gasteiger partial charge in [0, 0.05) is 16.5 Å². The van der Waals surface area contributed by atoms with E-state index < -0.39 is 23.0 Å². The predicted octanol–water partition coefficient (Wildman–Crippen LogP) is 4.37. The first-order chi connectivity index (χ1) is 19.7. The van der Waals surface area contributed by atoms with Crippen molar-refractivity contribution in [2.45, 2.75) is 29.7 Å². The number of imide groups is 1. The number of phenolic OH excluding ortho intramolecular Hbond substituents is 1. The van der Waals surface area contributed by atoms with Crippen LogP contribution in [-0.2, 0) is 20.9 Å². The van der Waals surface area contributed by atoms with Gasteiger partial charge in [-0.05, 0) is 61.0 Å². The Morgan fingerprint density at radius 2 is 1.63 bits per heavy atom. The van der Waals surface area contributed by atoms with Gasteiger partial charge in [0.05, 0.1) is 23.7 Å². The number of benzene rings is 3. The van der Waals surface area contributed by atoms with E-state index in [4.69, 9.17) is 4.74 Å². The number of aryl methyl sites for hydroxylation is 1. The number of nitrogens with zero attached hydrogens (tertiary/aromatic N) is 2. The molecule has 0 spiro atoms. The number of amides is 3. The number of carbonyl (C=O) groups excluding carboxylic acids is 3. The van der Waals surface area contributed by atoms with Crippen LogP contribution in [0.5, 0.6) is 11.5 Å². The van der Waals surface area contributed by atoms with Gasteiger partial charge >= 0.3 is 4.87 Å². The molecule has 3 heterocycles. The zero-order chi connectivity index (χ0) is 28.8. The average Bonchev–Trinajstić information content (AvgIpc) is 3.41. The first kappa shape index (κ1) is 26.9. The molecule has 0 bridgehead atoms. The maximum absolute atomic E-state index is 14.0. The summed E-state index contributed by atoms with van der Waals surface area (Å²) in [5.74, 6) is -1.69. The number of phenols is 1. The summed E-state index contributed by atoms with van der Waals surface area (Å²) in [5.41, 5.74) is 2.76. The lowest BCUT2D eigenvalue weighted by atomic mass is 9.83. The standard InChI is InChI=1S/C30H25N3O6S2/c1-16-3-9-19(10-4-16)33-27(36)24-23(17-5-13-21(39-2)14-6-17)26-29(40-25(24)28(33)37)32(30(38)41-26)15-22(35)31-18-7-11-20(34)12-8-18/h3-14,23-25,34H,15H2,1-2H3,(H,31,35). The Bertz CT molecular complexity index is 1710. The summed E-state index contributed by atoms with van der Waals surface area (Å²) in [5, 5.41) is 12.0. The van der Waals surface area contributed by atoms with Crippen LogP contribution in [0.2, 0.25) is 0 Å². The van der Waals surface area contributed by atoms with E-state index in [1.807, 2.05) is 31.2 Å². The number of anilines is 2. The maximum Gasteiger partial charge on any atom is 0.308 e. The number of rotatable bonds is 6. The zero-order valence-electron chi connectivity index (χ0n) is 22.1. The third-order valence-corrected chi connectivity index (χ3v) is 9.87. The normalized spacial score (nSPS) is 19.6. The van der Waals surface area contributed by atoms with Gasteiger partial charge in [-0.2, -0.15) is 0 Å². The van der Waals surface area contributed by atoms with Gasteiger partial charge in [-0.15, -0.1) is 0 Å². The van der Waals surface area contributed by atoms with Gasteiger partial charge in [0.2, 0.25) is 17.7 Å².